The SMILES string of the molecule is CN1CCN(Cc2ccc(OCc3ccccn3)cc2)C[C@@]12CCNC(=O)CC2. The molecule has 1 amide bonds. The van der Waals surface area contributed by atoms with Crippen LogP contribution in [0.3, 0.4) is 0 Å². The van der Waals surface area contributed by atoms with Crippen molar-refractivity contribution < 1.29 is 9.53 Å². The van der Waals surface area contributed by atoms with Gasteiger partial charge in [0.1, 0.15) is 12.4 Å². The lowest BCUT2D eigenvalue weighted by atomic mass is 9.86. The lowest BCUT2D eigenvalue weighted by Gasteiger charge is -2.49. The lowest BCUT2D eigenvalue weighted by molar-refractivity contribution is -0.121. The summed E-state index contributed by atoms with van der Waals surface area (Å²) in [5, 5.41) is 3.03. The van der Waals surface area contributed by atoms with E-state index in [1.54, 1.807) is 6.20 Å². The summed E-state index contributed by atoms with van der Waals surface area (Å²) in [6.45, 7) is 5.29. The largest absolute Gasteiger partial charge is 0.487 e. The molecule has 0 aliphatic carbocycles. The van der Waals surface area contributed by atoms with Crippen molar-refractivity contribution in [2.75, 3.05) is 33.2 Å². The molecular formula is C23H30N4O2. The molecule has 3 heterocycles. The Morgan fingerprint density at radius 2 is 2.00 bits per heavy atom. The number of hydrogen-bond donors (Lipinski definition) is 1. The molecule has 1 atom stereocenters. The Balaban J connectivity index is 1.34. The average molecular weight is 395 g/mol. The predicted octanol–water partition coefficient (Wildman–Crippen LogP) is 2.45. The van der Waals surface area contributed by atoms with Crippen LogP contribution in [0.1, 0.15) is 30.5 Å². The Morgan fingerprint density at radius 3 is 2.79 bits per heavy atom. The van der Waals surface area contributed by atoms with Gasteiger partial charge < -0.3 is 10.1 Å². The molecule has 2 fully saturated rings. The summed E-state index contributed by atoms with van der Waals surface area (Å²) >= 11 is 0. The number of likely N-dealkylation sites (N-methyl/N-ethyl adjacent to an activating group) is 1. The second-order valence-electron chi connectivity index (χ2n) is 8.21. The van der Waals surface area contributed by atoms with Gasteiger partial charge in [0.05, 0.1) is 5.69 Å². The normalized spacial score (nSPS) is 23.6. The van der Waals surface area contributed by atoms with Gasteiger partial charge in [-0.25, -0.2) is 0 Å². The van der Waals surface area contributed by atoms with E-state index in [9.17, 15) is 4.79 Å². The van der Waals surface area contributed by atoms with Gasteiger partial charge >= 0.3 is 0 Å². The van der Waals surface area contributed by atoms with Gasteiger partial charge in [-0.2, -0.15) is 0 Å². The van der Waals surface area contributed by atoms with E-state index in [2.05, 4.69) is 39.3 Å². The van der Waals surface area contributed by atoms with Crippen LogP contribution in [-0.2, 0) is 17.9 Å². The maximum atomic E-state index is 11.8. The number of hydrogen-bond acceptors (Lipinski definition) is 5. The number of nitrogens with one attached hydrogen (secondary N) is 1. The summed E-state index contributed by atoms with van der Waals surface area (Å²) in [6.07, 6.45) is 4.36. The first-order valence-electron chi connectivity index (χ1n) is 10.4. The van der Waals surface area contributed by atoms with Crippen molar-refractivity contribution >= 4 is 5.91 Å². The molecule has 6 heteroatoms. The van der Waals surface area contributed by atoms with Gasteiger partial charge in [-0.05, 0) is 49.7 Å². The maximum Gasteiger partial charge on any atom is 0.220 e. The molecule has 2 saturated heterocycles. The highest BCUT2D eigenvalue weighted by molar-refractivity contribution is 5.76. The standard InChI is InChI=1S/C23H30N4O2/c1-26-14-15-27(18-23(26)10-9-22(28)25-13-11-23)16-19-5-7-21(8-6-19)29-17-20-4-2-3-12-24-20/h2-8,12H,9-11,13-18H2,1H3,(H,25,28)/t23-/m1/s1. The first kappa shape index (κ1) is 19.9. The number of ether oxygens (including phenoxy) is 1. The van der Waals surface area contributed by atoms with Crippen LogP contribution in [-0.4, -0.2) is 59.5 Å². The zero-order chi connectivity index (χ0) is 20.1. The van der Waals surface area contributed by atoms with E-state index in [-0.39, 0.29) is 11.4 Å². The number of piperazine rings is 1. The summed E-state index contributed by atoms with van der Waals surface area (Å²) in [4.78, 5) is 21.1. The smallest absolute Gasteiger partial charge is 0.220 e. The number of rotatable bonds is 5. The van der Waals surface area contributed by atoms with Gasteiger partial charge in [0, 0.05) is 50.9 Å². The maximum absolute atomic E-state index is 11.8. The first-order valence-corrected chi connectivity index (χ1v) is 10.4. The number of aromatic nitrogens is 1. The highest BCUT2D eigenvalue weighted by Crippen LogP contribution is 2.31. The summed E-state index contributed by atoms with van der Waals surface area (Å²) in [5.41, 5.74) is 2.32. The molecule has 2 aromatic rings. The molecule has 1 N–H and O–H groups in total. The van der Waals surface area contributed by atoms with Crippen molar-refractivity contribution in [3.63, 3.8) is 0 Å². The lowest BCUT2D eigenvalue weighted by Crippen LogP contribution is -2.60. The van der Waals surface area contributed by atoms with E-state index in [4.69, 9.17) is 4.74 Å². The summed E-state index contributed by atoms with van der Waals surface area (Å²) in [5.74, 6) is 1.05. The van der Waals surface area contributed by atoms with Crippen LogP contribution in [0.2, 0.25) is 0 Å². The number of carbonyl (C=O) groups is 1. The minimum Gasteiger partial charge on any atom is -0.487 e. The van der Waals surface area contributed by atoms with Crippen molar-refractivity contribution in [2.45, 2.75) is 38.0 Å². The van der Waals surface area contributed by atoms with Crippen LogP contribution < -0.4 is 10.1 Å². The fourth-order valence-corrected chi connectivity index (χ4v) is 4.40. The molecule has 0 saturated carbocycles. The van der Waals surface area contributed by atoms with Crippen LogP contribution in [0.5, 0.6) is 5.75 Å². The Kier molecular flexibility index (Phi) is 6.11. The molecule has 0 bridgehead atoms. The molecule has 154 valence electrons. The molecule has 0 unspecified atom stereocenters. The van der Waals surface area contributed by atoms with E-state index in [1.165, 1.54) is 5.56 Å². The third-order valence-corrected chi connectivity index (χ3v) is 6.25. The number of pyridine rings is 1. The second kappa shape index (κ2) is 8.93. The Hall–Kier alpha value is -2.44. The van der Waals surface area contributed by atoms with Gasteiger partial charge in [0.15, 0.2) is 0 Å². The number of carbonyl (C=O) groups excluding carboxylic acids is 1. The van der Waals surface area contributed by atoms with Crippen molar-refractivity contribution in [3.05, 3.63) is 59.9 Å². The van der Waals surface area contributed by atoms with Crippen molar-refractivity contribution in [1.82, 2.24) is 20.1 Å². The van der Waals surface area contributed by atoms with Gasteiger partial charge in [-0.3, -0.25) is 19.6 Å². The number of benzene rings is 1. The predicted molar refractivity (Wildman–Crippen MR) is 113 cm³/mol. The molecule has 0 radical (unpaired) electrons. The minimum absolute atomic E-state index is 0.100. The zero-order valence-electron chi connectivity index (χ0n) is 17.1. The molecule has 1 aromatic heterocycles. The highest BCUT2D eigenvalue weighted by Gasteiger charge is 2.40. The van der Waals surface area contributed by atoms with E-state index in [1.807, 2.05) is 30.3 Å². The summed E-state index contributed by atoms with van der Waals surface area (Å²) in [6, 6.07) is 14.2. The van der Waals surface area contributed by atoms with Crippen LogP contribution >= 0.6 is 0 Å². The third kappa shape index (κ3) is 4.95. The molecular weight excluding hydrogens is 364 g/mol. The summed E-state index contributed by atoms with van der Waals surface area (Å²) in [7, 11) is 2.21. The number of nitrogens with zero attached hydrogens (tertiary/aromatic N) is 3. The highest BCUT2D eigenvalue weighted by atomic mass is 16.5. The monoisotopic (exact) mass is 394 g/mol. The number of amides is 1. The van der Waals surface area contributed by atoms with Gasteiger partial charge in [0.25, 0.3) is 0 Å². The molecule has 2 aliphatic heterocycles. The topological polar surface area (TPSA) is 57.7 Å². The van der Waals surface area contributed by atoms with E-state index < -0.39 is 0 Å². The fraction of sp³-hybridized carbons (Fsp3) is 0.478. The van der Waals surface area contributed by atoms with Crippen LogP contribution in [0, 0.1) is 0 Å². The molecule has 4 rings (SSSR count). The first-order chi connectivity index (χ1) is 14.1. The van der Waals surface area contributed by atoms with Crippen molar-refractivity contribution in [3.8, 4) is 5.75 Å². The molecule has 1 spiro atoms. The quantitative estimate of drug-likeness (QED) is 0.844. The van der Waals surface area contributed by atoms with Gasteiger partial charge in [-0.1, -0.05) is 18.2 Å². The third-order valence-electron chi connectivity index (χ3n) is 6.25. The van der Waals surface area contributed by atoms with Crippen LogP contribution in [0.25, 0.3) is 0 Å². The minimum atomic E-state index is 0.100. The molecule has 1 aromatic carbocycles. The van der Waals surface area contributed by atoms with Crippen molar-refractivity contribution in [2.24, 2.45) is 0 Å². The van der Waals surface area contributed by atoms with E-state index in [0.29, 0.717) is 13.0 Å². The Labute approximate surface area is 172 Å². The Morgan fingerprint density at radius 1 is 1.14 bits per heavy atom. The van der Waals surface area contributed by atoms with E-state index in [0.717, 1.165) is 57.0 Å². The van der Waals surface area contributed by atoms with Gasteiger partial charge in [-0.15, -0.1) is 0 Å². The molecule has 2 aliphatic rings. The van der Waals surface area contributed by atoms with Crippen LogP contribution in [0.15, 0.2) is 48.7 Å². The average Bonchev–Trinajstić information content (AvgIpc) is 2.93. The molecule has 29 heavy (non-hydrogen) atoms. The molecule has 6 nitrogen and oxygen atoms in total. The van der Waals surface area contributed by atoms with Gasteiger partial charge in [0.2, 0.25) is 5.91 Å². The fourth-order valence-electron chi connectivity index (χ4n) is 4.40. The van der Waals surface area contributed by atoms with Crippen LogP contribution in [0.4, 0.5) is 0 Å². The zero-order valence-corrected chi connectivity index (χ0v) is 17.1. The van der Waals surface area contributed by atoms with E-state index >= 15 is 0 Å². The summed E-state index contributed by atoms with van der Waals surface area (Å²) < 4.78 is 5.84. The Bertz CT molecular complexity index is 811. The van der Waals surface area contributed by atoms with Crippen molar-refractivity contribution in [1.29, 1.82) is 0 Å². The second-order valence-corrected chi connectivity index (χ2v) is 8.21.